The van der Waals surface area contributed by atoms with Crippen molar-refractivity contribution in [1.82, 2.24) is 14.8 Å². The lowest BCUT2D eigenvalue weighted by Gasteiger charge is -2.18. The second kappa shape index (κ2) is 9.47. The number of hydrogen-bond acceptors (Lipinski definition) is 5. The van der Waals surface area contributed by atoms with E-state index >= 15 is 0 Å². The molecule has 2 N–H and O–H groups in total. The number of benzene rings is 2. The summed E-state index contributed by atoms with van der Waals surface area (Å²) in [6.07, 6.45) is 0.223. The molecule has 0 saturated heterocycles. The molecule has 0 bridgehead atoms. The van der Waals surface area contributed by atoms with Gasteiger partial charge < -0.3 is 10.3 Å². The molecule has 1 amide bonds. The minimum Gasteiger partial charge on any atom is -0.370 e. The van der Waals surface area contributed by atoms with E-state index in [2.05, 4.69) is 22.3 Å². The molecule has 0 aliphatic rings. The van der Waals surface area contributed by atoms with Crippen LogP contribution in [0.4, 0.5) is 0 Å². The number of hydrogen-bond donors (Lipinski definition) is 1. The lowest BCUT2D eigenvalue weighted by Crippen LogP contribution is -2.15. The van der Waals surface area contributed by atoms with Crippen molar-refractivity contribution in [2.24, 2.45) is 5.73 Å². The number of aromatic nitrogens is 3. The highest BCUT2D eigenvalue weighted by atomic mass is 35.5. The van der Waals surface area contributed by atoms with Gasteiger partial charge in [-0.15, -0.1) is 21.5 Å². The molecule has 4 aromatic rings. The van der Waals surface area contributed by atoms with Gasteiger partial charge in [-0.2, -0.15) is 0 Å². The molecule has 152 valence electrons. The van der Waals surface area contributed by atoms with Crippen LogP contribution in [0.5, 0.6) is 0 Å². The van der Waals surface area contributed by atoms with Gasteiger partial charge >= 0.3 is 0 Å². The predicted molar refractivity (Wildman–Crippen MR) is 123 cm³/mol. The van der Waals surface area contributed by atoms with Gasteiger partial charge in [0, 0.05) is 18.0 Å². The molecule has 2 aromatic carbocycles. The van der Waals surface area contributed by atoms with Crippen LogP contribution in [0.15, 0.2) is 77.3 Å². The SMILES string of the molecule is NC(=O)CCn1c(SC(c2ccccc2)c2ccc(Cl)cc2)nnc1-c1cccs1. The van der Waals surface area contributed by atoms with Crippen LogP contribution in [0.2, 0.25) is 5.02 Å². The second-order valence-corrected chi connectivity index (χ2v) is 9.07. The van der Waals surface area contributed by atoms with E-state index in [0.29, 0.717) is 11.6 Å². The summed E-state index contributed by atoms with van der Waals surface area (Å²) in [6, 6.07) is 22.0. The Balaban J connectivity index is 1.73. The summed E-state index contributed by atoms with van der Waals surface area (Å²) in [5.41, 5.74) is 7.67. The number of primary amides is 1. The van der Waals surface area contributed by atoms with E-state index in [1.807, 2.05) is 64.5 Å². The fourth-order valence-corrected chi connectivity index (χ4v) is 5.12. The summed E-state index contributed by atoms with van der Waals surface area (Å²) in [5, 5.41) is 12.3. The van der Waals surface area contributed by atoms with E-state index < -0.39 is 0 Å². The van der Waals surface area contributed by atoms with Crippen LogP contribution in [0.3, 0.4) is 0 Å². The van der Waals surface area contributed by atoms with E-state index in [9.17, 15) is 4.79 Å². The minimum absolute atomic E-state index is 0.00354. The average Bonchev–Trinajstić information content (AvgIpc) is 3.41. The zero-order valence-corrected chi connectivity index (χ0v) is 18.3. The van der Waals surface area contributed by atoms with Crippen molar-refractivity contribution in [2.75, 3.05) is 0 Å². The Kier molecular flexibility index (Phi) is 6.52. The normalized spacial score (nSPS) is 12.0. The molecule has 8 heteroatoms. The number of nitrogens with zero attached hydrogens (tertiary/aromatic N) is 3. The maximum atomic E-state index is 11.5. The summed E-state index contributed by atoms with van der Waals surface area (Å²) in [4.78, 5) is 12.5. The first kappa shape index (κ1) is 20.7. The number of carbonyl (C=O) groups is 1. The van der Waals surface area contributed by atoms with Crippen LogP contribution in [0.25, 0.3) is 10.7 Å². The van der Waals surface area contributed by atoms with Gasteiger partial charge in [-0.3, -0.25) is 4.79 Å². The highest BCUT2D eigenvalue weighted by molar-refractivity contribution is 7.99. The van der Waals surface area contributed by atoms with E-state index in [1.165, 1.54) is 0 Å². The number of thiophene rings is 1. The number of nitrogens with two attached hydrogens (primary N) is 1. The van der Waals surface area contributed by atoms with Gasteiger partial charge in [0.25, 0.3) is 0 Å². The Morgan fingerprint density at radius 2 is 1.77 bits per heavy atom. The lowest BCUT2D eigenvalue weighted by atomic mass is 10.0. The smallest absolute Gasteiger partial charge is 0.219 e. The summed E-state index contributed by atoms with van der Waals surface area (Å²) >= 11 is 9.29. The first-order chi connectivity index (χ1) is 14.6. The van der Waals surface area contributed by atoms with E-state index in [-0.39, 0.29) is 17.6 Å². The van der Waals surface area contributed by atoms with Crippen LogP contribution < -0.4 is 5.73 Å². The number of halogens is 1. The number of amides is 1. The fraction of sp³-hybridized carbons (Fsp3) is 0.136. The molecule has 0 aliphatic heterocycles. The molecule has 0 aliphatic carbocycles. The first-order valence-corrected chi connectivity index (χ1v) is 11.5. The molecule has 5 nitrogen and oxygen atoms in total. The molecule has 1 unspecified atom stereocenters. The molecule has 0 spiro atoms. The molecule has 0 fully saturated rings. The molecular formula is C22H19ClN4OS2. The van der Waals surface area contributed by atoms with Gasteiger partial charge in [-0.1, -0.05) is 71.9 Å². The monoisotopic (exact) mass is 454 g/mol. The third-order valence-electron chi connectivity index (χ3n) is 4.54. The zero-order valence-electron chi connectivity index (χ0n) is 15.9. The quantitative estimate of drug-likeness (QED) is 0.361. The van der Waals surface area contributed by atoms with Gasteiger partial charge in [0.2, 0.25) is 5.91 Å². The number of thioether (sulfide) groups is 1. The van der Waals surface area contributed by atoms with E-state index in [1.54, 1.807) is 23.1 Å². The highest BCUT2D eigenvalue weighted by Crippen LogP contribution is 2.41. The maximum Gasteiger partial charge on any atom is 0.219 e. The Hall–Kier alpha value is -2.61. The Labute approximate surface area is 187 Å². The van der Waals surface area contributed by atoms with Crippen molar-refractivity contribution >= 4 is 40.6 Å². The van der Waals surface area contributed by atoms with Crippen molar-refractivity contribution in [3.05, 3.63) is 88.3 Å². The van der Waals surface area contributed by atoms with E-state index in [4.69, 9.17) is 17.3 Å². The summed E-state index contributed by atoms with van der Waals surface area (Å²) in [7, 11) is 0. The highest BCUT2D eigenvalue weighted by Gasteiger charge is 2.22. The number of rotatable bonds is 8. The molecule has 2 heterocycles. The van der Waals surface area contributed by atoms with Crippen molar-refractivity contribution in [2.45, 2.75) is 23.4 Å². The second-order valence-electron chi connectivity index (χ2n) is 6.61. The van der Waals surface area contributed by atoms with Crippen LogP contribution in [0, 0.1) is 0 Å². The van der Waals surface area contributed by atoms with Crippen molar-refractivity contribution in [3.63, 3.8) is 0 Å². The third kappa shape index (κ3) is 4.75. The molecule has 1 atom stereocenters. The van der Waals surface area contributed by atoms with Gasteiger partial charge in [-0.05, 0) is 34.7 Å². The molecule has 30 heavy (non-hydrogen) atoms. The standard InChI is InChI=1S/C22H19ClN4OS2/c23-17-10-8-16(9-11-17)20(15-5-2-1-3-6-15)30-22-26-25-21(18-7-4-14-29-18)27(22)13-12-19(24)28/h1-11,14,20H,12-13H2,(H2,24,28). The average molecular weight is 455 g/mol. The molecule has 0 saturated carbocycles. The van der Waals surface area contributed by atoms with Gasteiger partial charge in [0.15, 0.2) is 11.0 Å². The molecule has 4 rings (SSSR count). The number of carbonyl (C=O) groups excluding carboxylic acids is 1. The van der Waals surface area contributed by atoms with E-state index in [0.717, 1.165) is 27.0 Å². The fourth-order valence-electron chi connectivity index (χ4n) is 3.09. The van der Waals surface area contributed by atoms with Crippen molar-refractivity contribution in [3.8, 4) is 10.7 Å². The maximum absolute atomic E-state index is 11.5. The lowest BCUT2D eigenvalue weighted by molar-refractivity contribution is -0.118. The third-order valence-corrected chi connectivity index (χ3v) is 6.95. The van der Waals surface area contributed by atoms with Crippen molar-refractivity contribution < 1.29 is 4.79 Å². The van der Waals surface area contributed by atoms with Crippen LogP contribution >= 0.6 is 34.7 Å². The van der Waals surface area contributed by atoms with Crippen LogP contribution in [-0.2, 0) is 11.3 Å². The van der Waals surface area contributed by atoms with Gasteiger partial charge in [-0.25, -0.2) is 0 Å². The molecule has 0 radical (unpaired) electrons. The van der Waals surface area contributed by atoms with Crippen LogP contribution in [0.1, 0.15) is 22.8 Å². The van der Waals surface area contributed by atoms with Gasteiger partial charge in [0.1, 0.15) is 0 Å². The minimum atomic E-state index is -0.353. The summed E-state index contributed by atoms with van der Waals surface area (Å²) < 4.78 is 1.98. The Morgan fingerprint density at radius 3 is 2.43 bits per heavy atom. The summed E-state index contributed by atoms with van der Waals surface area (Å²) in [6.45, 7) is 0.431. The first-order valence-electron chi connectivity index (χ1n) is 9.34. The summed E-state index contributed by atoms with van der Waals surface area (Å²) in [5.74, 6) is 0.394. The Bertz CT molecular complexity index is 1110. The molecular weight excluding hydrogens is 436 g/mol. The molecule has 2 aromatic heterocycles. The topological polar surface area (TPSA) is 73.8 Å². The Morgan fingerprint density at radius 1 is 1.03 bits per heavy atom. The van der Waals surface area contributed by atoms with Gasteiger partial charge in [0.05, 0.1) is 10.1 Å². The zero-order chi connectivity index (χ0) is 20.9. The van der Waals surface area contributed by atoms with Crippen LogP contribution in [-0.4, -0.2) is 20.7 Å². The predicted octanol–water partition coefficient (Wildman–Crippen LogP) is 5.42. The van der Waals surface area contributed by atoms with Crippen molar-refractivity contribution in [1.29, 1.82) is 0 Å². The largest absolute Gasteiger partial charge is 0.370 e.